The first-order chi connectivity index (χ1) is 8.99. The topological polar surface area (TPSA) is 81.9 Å². The zero-order chi connectivity index (χ0) is 14.4. The van der Waals surface area contributed by atoms with Gasteiger partial charge in [0, 0.05) is 25.3 Å². The van der Waals surface area contributed by atoms with Gasteiger partial charge in [0.25, 0.3) is 5.91 Å². The highest BCUT2D eigenvalue weighted by Crippen LogP contribution is 2.22. The number of ether oxygens (including phenoxy) is 2. The van der Waals surface area contributed by atoms with Gasteiger partial charge in [-0.25, -0.2) is 0 Å². The minimum absolute atomic E-state index is 0.149. The summed E-state index contributed by atoms with van der Waals surface area (Å²) in [6.45, 7) is 0.277. The Labute approximate surface area is 112 Å². The van der Waals surface area contributed by atoms with E-state index in [1.54, 1.807) is 25.2 Å². The summed E-state index contributed by atoms with van der Waals surface area (Å²) in [4.78, 5) is 24.7. The van der Waals surface area contributed by atoms with Crippen LogP contribution in [0.3, 0.4) is 0 Å². The zero-order valence-electron chi connectivity index (χ0n) is 11.3. The molecule has 0 spiro atoms. The number of carbonyl (C=O) groups excluding carboxylic acids is 2. The highest BCUT2D eigenvalue weighted by atomic mass is 16.5. The van der Waals surface area contributed by atoms with Crippen molar-refractivity contribution in [1.82, 2.24) is 4.90 Å². The summed E-state index contributed by atoms with van der Waals surface area (Å²) >= 11 is 0. The molecule has 1 aromatic carbocycles. The van der Waals surface area contributed by atoms with E-state index in [0.717, 1.165) is 0 Å². The van der Waals surface area contributed by atoms with Crippen molar-refractivity contribution in [1.29, 1.82) is 0 Å². The van der Waals surface area contributed by atoms with Crippen molar-refractivity contribution in [3.63, 3.8) is 0 Å². The van der Waals surface area contributed by atoms with Gasteiger partial charge in [-0.2, -0.15) is 0 Å². The Balaban J connectivity index is 2.79. The lowest BCUT2D eigenvalue weighted by Crippen LogP contribution is -2.29. The van der Waals surface area contributed by atoms with Crippen LogP contribution in [0.2, 0.25) is 0 Å². The smallest absolute Gasteiger partial charge is 0.307 e. The molecule has 0 saturated carbocycles. The van der Waals surface area contributed by atoms with Crippen LogP contribution in [0, 0.1) is 0 Å². The SMILES string of the molecule is COC(=O)CCN(C)C(=O)c1ccc(N)cc1OC. The summed E-state index contributed by atoms with van der Waals surface area (Å²) in [6, 6.07) is 4.82. The van der Waals surface area contributed by atoms with Gasteiger partial charge in [-0.1, -0.05) is 0 Å². The molecule has 1 amide bonds. The number of nitrogens with zero attached hydrogens (tertiary/aromatic N) is 1. The lowest BCUT2D eigenvalue weighted by atomic mass is 10.1. The van der Waals surface area contributed by atoms with Gasteiger partial charge in [-0.05, 0) is 12.1 Å². The van der Waals surface area contributed by atoms with E-state index in [0.29, 0.717) is 17.0 Å². The zero-order valence-corrected chi connectivity index (χ0v) is 11.3. The van der Waals surface area contributed by atoms with Gasteiger partial charge in [-0.15, -0.1) is 0 Å². The van der Waals surface area contributed by atoms with Crippen LogP contribution < -0.4 is 10.5 Å². The van der Waals surface area contributed by atoms with Gasteiger partial charge >= 0.3 is 5.97 Å². The molecule has 1 rings (SSSR count). The molecule has 6 heteroatoms. The van der Waals surface area contributed by atoms with Crippen molar-refractivity contribution in [3.05, 3.63) is 23.8 Å². The second kappa shape index (κ2) is 6.63. The second-order valence-corrected chi connectivity index (χ2v) is 4.01. The minimum atomic E-state index is -0.357. The van der Waals surface area contributed by atoms with Gasteiger partial charge in [0.2, 0.25) is 0 Å². The molecule has 0 aromatic heterocycles. The van der Waals surface area contributed by atoms with Crippen LogP contribution in [-0.2, 0) is 9.53 Å². The van der Waals surface area contributed by atoms with Crippen molar-refractivity contribution in [2.75, 3.05) is 33.5 Å². The molecule has 2 N–H and O–H groups in total. The first kappa shape index (κ1) is 14.8. The molecule has 0 aliphatic rings. The largest absolute Gasteiger partial charge is 0.496 e. The maximum absolute atomic E-state index is 12.2. The Morgan fingerprint density at radius 2 is 2.00 bits per heavy atom. The lowest BCUT2D eigenvalue weighted by Gasteiger charge is -2.18. The standard InChI is InChI=1S/C13H18N2O4/c1-15(7-6-12(16)19-3)13(17)10-5-4-9(14)8-11(10)18-2/h4-5,8H,6-7,14H2,1-3H3. The van der Waals surface area contributed by atoms with Gasteiger partial charge in [-0.3, -0.25) is 9.59 Å². The molecule has 0 bridgehead atoms. The third kappa shape index (κ3) is 3.87. The fourth-order valence-electron chi connectivity index (χ4n) is 1.55. The fourth-order valence-corrected chi connectivity index (χ4v) is 1.55. The molecule has 0 aliphatic heterocycles. The third-order valence-corrected chi connectivity index (χ3v) is 2.68. The van der Waals surface area contributed by atoms with Crippen molar-refractivity contribution in [2.24, 2.45) is 0 Å². The van der Waals surface area contributed by atoms with Gasteiger partial charge in [0.15, 0.2) is 0 Å². The average Bonchev–Trinajstić information content (AvgIpc) is 2.43. The maximum atomic E-state index is 12.2. The molecule has 0 fully saturated rings. The number of amides is 1. The Bertz CT molecular complexity index is 474. The van der Waals surface area contributed by atoms with Crippen LogP contribution in [0.4, 0.5) is 5.69 Å². The van der Waals surface area contributed by atoms with Crippen LogP contribution in [0.25, 0.3) is 0 Å². The first-order valence-electron chi connectivity index (χ1n) is 5.75. The number of anilines is 1. The summed E-state index contributed by atoms with van der Waals surface area (Å²) in [7, 11) is 4.40. The van der Waals surface area contributed by atoms with Crippen LogP contribution >= 0.6 is 0 Å². The summed E-state index contributed by atoms with van der Waals surface area (Å²) in [5.74, 6) is -0.181. The number of rotatable bonds is 5. The summed E-state index contributed by atoms with van der Waals surface area (Å²) in [5.41, 5.74) is 6.56. The Morgan fingerprint density at radius 1 is 1.32 bits per heavy atom. The molecular formula is C13H18N2O4. The van der Waals surface area contributed by atoms with Crippen LogP contribution in [0.15, 0.2) is 18.2 Å². The predicted octanol–water partition coefficient (Wildman–Crippen LogP) is 0.912. The third-order valence-electron chi connectivity index (χ3n) is 2.68. The number of esters is 1. The molecule has 104 valence electrons. The van der Waals surface area contributed by atoms with E-state index in [2.05, 4.69) is 4.74 Å². The van der Waals surface area contributed by atoms with Crippen LogP contribution in [-0.4, -0.2) is 44.6 Å². The lowest BCUT2D eigenvalue weighted by molar-refractivity contribution is -0.140. The summed E-state index contributed by atoms with van der Waals surface area (Å²) in [5, 5.41) is 0. The van der Waals surface area contributed by atoms with Crippen LogP contribution in [0.5, 0.6) is 5.75 Å². The van der Waals surface area contributed by atoms with E-state index in [9.17, 15) is 9.59 Å². The number of methoxy groups -OCH3 is 2. The Hall–Kier alpha value is -2.24. The Morgan fingerprint density at radius 3 is 2.58 bits per heavy atom. The molecule has 6 nitrogen and oxygen atoms in total. The van der Waals surface area contributed by atoms with Gasteiger partial charge in [0.05, 0.1) is 26.2 Å². The molecule has 0 atom stereocenters. The van der Waals surface area contributed by atoms with E-state index < -0.39 is 0 Å². The minimum Gasteiger partial charge on any atom is -0.496 e. The second-order valence-electron chi connectivity index (χ2n) is 4.01. The monoisotopic (exact) mass is 266 g/mol. The number of carbonyl (C=O) groups is 2. The maximum Gasteiger partial charge on any atom is 0.307 e. The number of hydrogen-bond acceptors (Lipinski definition) is 5. The predicted molar refractivity (Wildman–Crippen MR) is 71.0 cm³/mol. The highest BCUT2D eigenvalue weighted by molar-refractivity contribution is 5.97. The van der Waals surface area contributed by atoms with E-state index >= 15 is 0 Å². The first-order valence-corrected chi connectivity index (χ1v) is 5.75. The fraction of sp³-hybridized carbons (Fsp3) is 0.385. The van der Waals surface area contributed by atoms with E-state index in [-0.39, 0.29) is 24.8 Å². The molecule has 19 heavy (non-hydrogen) atoms. The van der Waals surface area contributed by atoms with Gasteiger partial charge < -0.3 is 20.1 Å². The highest BCUT2D eigenvalue weighted by Gasteiger charge is 2.17. The van der Waals surface area contributed by atoms with Crippen molar-refractivity contribution >= 4 is 17.6 Å². The summed E-state index contributed by atoms with van der Waals surface area (Å²) in [6.07, 6.45) is 0.149. The molecule has 0 unspecified atom stereocenters. The number of hydrogen-bond donors (Lipinski definition) is 1. The van der Waals surface area contributed by atoms with Crippen molar-refractivity contribution < 1.29 is 19.1 Å². The van der Waals surface area contributed by atoms with E-state index in [4.69, 9.17) is 10.5 Å². The number of nitrogens with two attached hydrogens (primary N) is 1. The molecule has 1 aromatic rings. The average molecular weight is 266 g/mol. The molecular weight excluding hydrogens is 248 g/mol. The molecule has 0 saturated heterocycles. The van der Waals surface area contributed by atoms with E-state index in [1.807, 2.05) is 0 Å². The molecule has 0 radical (unpaired) electrons. The Kier molecular flexibility index (Phi) is 5.17. The van der Waals surface area contributed by atoms with Gasteiger partial charge in [0.1, 0.15) is 5.75 Å². The molecule has 0 heterocycles. The molecule has 0 aliphatic carbocycles. The van der Waals surface area contributed by atoms with Crippen molar-refractivity contribution in [2.45, 2.75) is 6.42 Å². The quantitative estimate of drug-likeness (QED) is 0.633. The number of benzene rings is 1. The normalized spacial score (nSPS) is 9.84. The van der Waals surface area contributed by atoms with Crippen LogP contribution in [0.1, 0.15) is 16.8 Å². The summed E-state index contributed by atoms with van der Waals surface area (Å²) < 4.78 is 9.65. The number of nitrogen functional groups attached to an aromatic ring is 1. The van der Waals surface area contributed by atoms with Crippen molar-refractivity contribution in [3.8, 4) is 5.75 Å². The van der Waals surface area contributed by atoms with E-state index in [1.165, 1.54) is 19.1 Å².